The number of hydrogen-bond donors (Lipinski definition) is 2. The average molecular weight is 401 g/mol. The van der Waals surface area contributed by atoms with Crippen LogP contribution in [-0.4, -0.2) is 28.8 Å². The van der Waals surface area contributed by atoms with Gasteiger partial charge in [0.1, 0.15) is 0 Å². The molecule has 0 atom stereocenters. The van der Waals surface area contributed by atoms with Gasteiger partial charge in [-0.3, -0.25) is 14.4 Å². The van der Waals surface area contributed by atoms with Crippen LogP contribution in [-0.2, 0) is 0 Å². The molecule has 1 heterocycles. The maximum absolute atomic E-state index is 12.6. The van der Waals surface area contributed by atoms with E-state index in [-0.39, 0.29) is 28.1 Å². The zero-order valence-electron chi connectivity index (χ0n) is 15.3. The predicted molar refractivity (Wildman–Crippen MR) is 105 cm³/mol. The standard InChI is InChI=1S/C22H14N2O6/c25-18-9-8-13(11-17(18)22(29)30)23-19(26)12-4-3-5-14(10-12)24-20(27)15-6-1-2-7-16(15)21(24)28/h1-11,25H,(H,23,26)(H,29,30)/p-1. The number of carbonyl (C=O) groups is 4. The van der Waals surface area contributed by atoms with Crippen LogP contribution in [0.3, 0.4) is 0 Å². The predicted octanol–water partition coefficient (Wildman–Crippen LogP) is 2.51. The molecule has 0 aliphatic carbocycles. The van der Waals surface area contributed by atoms with E-state index in [0.29, 0.717) is 0 Å². The van der Waals surface area contributed by atoms with E-state index in [0.717, 1.165) is 17.0 Å². The summed E-state index contributed by atoms with van der Waals surface area (Å²) in [7, 11) is 0. The summed E-state index contributed by atoms with van der Waals surface area (Å²) in [5, 5.41) is 23.1. The second-order valence-electron chi connectivity index (χ2n) is 6.51. The summed E-state index contributed by atoms with van der Waals surface area (Å²) >= 11 is 0. The van der Waals surface area contributed by atoms with Crippen molar-refractivity contribution in [1.82, 2.24) is 0 Å². The summed E-state index contributed by atoms with van der Waals surface area (Å²) in [6, 6.07) is 15.8. The Morgan fingerprint density at radius 2 is 1.53 bits per heavy atom. The molecular weight excluding hydrogens is 388 g/mol. The number of nitrogens with one attached hydrogen (secondary N) is 1. The molecule has 2 N–H and O–H groups in total. The minimum Gasteiger partial charge on any atom is -0.872 e. The molecule has 0 radical (unpaired) electrons. The molecular formula is C22H13N2O6-. The Hall–Kier alpha value is -4.46. The van der Waals surface area contributed by atoms with Crippen molar-refractivity contribution in [3.05, 3.63) is 89.0 Å². The zero-order chi connectivity index (χ0) is 21.4. The van der Waals surface area contributed by atoms with E-state index < -0.39 is 35.0 Å². The molecule has 8 heteroatoms. The van der Waals surface area contributed by atoms with Crippen LogP contribution in [0.15, 0.2) is 66.7 Å². The normalized spacial score (nSPS) is 12.6. The smallest absolute Gasteiger partial charge is 0.335 e. The summed E-state index contributed by atoms with van der Waals surface area (Å²) in [5.41, 5.74) is 0.616. The Morgan fingerprint density at radius 1 is 0.867 bits per heavy atom. The fraction of sp³-hybridized carbons (Fsp3) is 0. The Kier molecular flexibility index (Phi) is 4.51. The number of carboxylic acids is 1. The highest BCUT2D eigenvalue weighted by Gasteiger charge is 2.36. The molecule has 0 saturated heterocycles. The van der Waals surface area contributed by atoms with Gasteiger partial charge in [0, 0.05) is 11.3 Å². The van der Waals surface area contributed by atoms with Gasteiger partial charge in [0.25, 0.3) is 17.7 Å². The van der Waals surface area contributed by atoms with Gasteiger partial charge in [-0.15, -0.1) is 0 Å². The minimum absolute atomic E-state index is 0.128. The summed E-state index contributed by atoms with van der Waals surface area (Å²) in [5.74, 6) is -3.63. The maximum atomic E-state index is 12.6. The molecule has 0 unspecified atom stereocenters. The van der Waals surface area contributed by atoms with Crippen LogP contribution >= 0.6 is 0 Å². The summed E-state index contributed by atoms with van der Waals surface area (Å²) in [6.45, 7) is 0. The van der Waals surface area contributed by atoms with Crippen LogP contribution < -0.4 is 15.3 Å². The van der Waals surface area contributed by atoms with Gasteiger partial charge in [0.15, 0.2) is 0 Å². The lowest BCUT2D eigenvalue weighted by Gasteiger charge is -2.15. The highest BCUT2D eigenvalue weighted by atomic mass is 16.4. The molecule has 3 aromatic rings. The zero-order valence-corrected chi connectivity index (χ0v) is 15.3. The van der Waals surface area contributed by atoms with Crippen molar-refractivity contribution in [2.45, 2.75) is 0 Å². The molecule has 148 valence electrons. The van der Waals surface area contributed by atoms with Gasteiger partial charge in [-0.05, 0) is 42.5 Å². The molecule has 0 spiro atoms. The number of benzene rings is 3. The third-order valence-corrected chi connectivity index (χ3v) is 4.63. The first-order valence-electron chi connectivity index (χ1n) is 8.80. The van der Waals surface area contributed by atoms with Gasteiger partial charge in [0.2, 0.25) is 0 Å². The number of nitrogens with zero attached hydrogens (tertiary/aromatic N) is 1. The Labute approximate surface area is 170 Å². The molecule has 0 aromatic heterocycles. The first-order valence-corrected chi connectivity index (χ1v) is 8.80. The van der Waals surface area contributed by atoms with Crippen LogP contribution in [0, 0.1) is 0 Å². The first-order chi connectivity index (χ1) is 14.4. The van der Waals surface area contributed by atoms with Crippen LogP contribution in [0.4, 0.5) is 11.4 Å². The topological polar surface area (TPSA) is 127 Å². The number of imide groups is 1. The van der Waals surface area contributed by atoms with E-state index in [1.807, 2.05) is 0 Å². The Morgan fingerprint density at radius 3 is 2.17 bits per heavy atom. The average Bonchev–Trinajstić information content (AvgIpc) is 3.00. The van der Waals surface area contributed by atoms with Crippen LogP contribution in [0.25, 0.3) is 0 Å². The molecule has 1 aliphatic rings. The number of fused-ring (bicyclic) bond motifs is 1. The van der Waals surface area contributed by atoms with Gasteiger partial charge < -0.3 is 15.5 Å². The second-order valence-corrected chi connectivity index (χ2v) is 6.51. The highest BCUT2D eigenvalue weighted by molar-refractivity contribution is 6.34. The number of anilines is 2. The molecule has 3 amide bonds. The van der Waals surface area contributed by atoms with Crippen molar-refractivity contribution < 1.29 is 29.4 Å². The number of hydrogen-bond acceptors (Lipinski definition) is 5. The Bertz CT molecular complexity index is 1200. The van der Waals surface area contributed by atoms with E-state index in [1.54, 1.807) is 24.3 Å². The van der Waals surface area contributed by atoms with Gasteiger partial charge in [-0.25, -0.2) is 9.69 Å². The number of carbonyl (C=O) groups excluding carboxylic acids is 3. The largest absolute Gasteiger partial charge is 0.872 e. The molecule has 8 nitrogen and oxygen atoms in total. The SMILES string of the molecule is O=C(Nc1ccc([O-])c(C(=O)O)c1)c1cccc(N2C(=O)c3ccccc3C2=O)c1. The van der Waals surface area contributed by atoms with Crippen molar-refractivity contribution in [2.75, 3.05) is 10.2 Å². The van der Waals surface area contributed by atoms with Crippen LogP contribution in [0.5, 0.6) is 5.75 Å². The fourth-order valence-electron chi connectivity index (χ4n) is 3.19. The monoisotopic (exact) mass is 401 g/mol. The van der Waals surface area contributed by atoms with Crippen LogP contribution in [0.2, 0.25) is 0 Å². The number of aromatic carboxylic acids is 1. The van der Waals surface area contributed by atoms with Gasteiger partial charge in [-0.2, -0.15) is 0 Å². The molecule has 3 aromatic carbocycles. The third kappa shape index (κ3) is 3.16. The van der Waals surface area contributed by atoms with E-state index in [2.05, 4.69) is 5.32 Å². The van der Waals surface area contributed by atoms with Crippen molar-refractivity contribution >= 4 is 35.1 Å². The third-order valence-electron chi connectivity index (χ3n) is 4.63. The minimum atomic E-state index is -1.40. The molecule has 0 bridgehead atoms. The first kappa shape index (κ1) is 18.9. The quantitative estimate of drug-likeness (QED) is 0.647. The number of carboxylic acid groups (broad SMARTS) is 1. The molecule has 0 fully saturated rings. The maximum Gasteiger partial charge on any atom is 0.335 e. The lowest BCUT2D eigenvalue weighted by Crippen LogP contribution is -2.29. The second kappa shape index (κ2) is 7.17. The lowest BCUT2D eigenvalue weighted by atomic mass is 10.1. The summed E-state index contributed by atoms with van der Waals surface area (Å²) < 4.78 is 0. The van der Waals surface area contributed by atoms with Crippen molar-refractivity contribution in [3.8, 4) is 5.75 Å². The Balaban J connectivity index is 1.61. The van der Waals surface area contributed by atoms with E-state index in [4.69, 9.17) is 5.11 Å². The molecule has 0 saturated carbocycles. The van der Waals surface area contributed by atoms with Gasteiger partial charge >= 0.3 is 5.97 Å². The summed E-state index contributed by atoms with van der Waals surface area (Å²) in [4.78, 5) is 50.0. The van der Waals surface area contributed by atoms with Crippen LogP contribution in [0.1, 0.15) is 41.4 Å². The summed E-state index contributed by atoms with van der Waals surface area (Å²) in [6.07, 6.45) is 0. The number of rotatable bonds is 4. The van der Waals surface area contributed by atoms with Crippen molar-refractivity contribution in [2.24, 2.45) is 0 Å². The van der Waals surface area contributed by atoms with Crippen molar-refractivity contribution in [1.29, 1.82) is 0 Å². The van der Waals surface area contributed by atoms with Gasteiger partial charge in [-0.1, -0.05) is 30.0 Å². The van der Waals surface area contributed by atoms with E-state index in [9.17, 15) is 24.3 Å². The van der Waals surface area contributed by atoms with E-state index >= 15 is 0 Å². The lowest BCUT2D eigenvalue weighted by molar-refractivity contribution is -0.268. The highest BCUT2D eigenvalue weighted by Crippen LogP contribution is 2.29. The molecule has 30 heavy (non-hydrogen) atoms. The van der Waals surface area contributed by atoms with Gasteiger partial charge in [0.05, 0.1) is 22.4 Å². The van der Waals surface area contributed by atoms with E-state index in [1.165, 1.54) is 30.3 Å². The van der Waals surface area contributed by atoms with Crippen molar-refractivity contribution in [3.63, 3.8) is 0 Å². The fourth-order valence-corrected chi connectivity index (χ4v) is 3.19. The molecule has 4 rings (SSSR count). The molecule has 1 aliphatic heterocycles. The number of amides is 3.